The monoisotopic (exact) mass is 287 g/mol. The highest BCUT2D eigenvalue weighted by Crippen LogP contribution is 2.16. The summed E-state index contributed by atoms with van der Waals surface area (Å²) in [5.41, 5.74) is 1.14. The lowest BCUT2D eigenvalue weighted by Crippen LogP contribution is -2.47. The Balaban J connectivity index is 1.64. The van der Waals surface area contributed by atoms with Gasteiger partial charge in [0.25, 0.3) is 0 Å². The van der Waals surface area contributed by atoms with E-state index in [1.165, 1.54) is 6.07 Å². The number of hydrogen-bond acceptors (Lipinski definition) is 5. The van der Waals surface area contributed by atoms with Crippen molar-refractivity contribution >= 4 is 11.8 Å². The minimum absolute atomic E-state index is 0.437. The van der Waals surface area contributed by atoms with Crippen LogP contribution in [0.15, 0.2) is 30.6 Å². The largest absolute Gasteiger partial charge is 0.353 e. The van der Waals surface area contributed by atoms with E-state index < -0.39 is 5.95 Å². The number of anilines is 2. The number of hydrogen-bond donors (Lipinski definition) is 0. The van der Waals surface area contributed by atoms with Gasteiger partial charge in [0.1, 0.15) is 5.82 Å². The van der Waals surface area contributed by atoms with E-state index in [1.807, 2.05) is 18.5 Å². The molecule has 0 atom stereocenters. The first kappa shape index (κ1) is 13.7. The number of pyridine rings is 1. The summed E-state index contributed by atoms with van der Waals surface area (Å²) in [7, 11) is 0. The first-order chi connectivity index (χ1) is 10.3. The maximum atomic E-state index is 13.2. The van der Waals surface area contributed by atoms with Crippen molar-refractivity contribution in [3.8, 4) is 0 Å². The van der Waals surface area contributed by atoms with Crippen LogP contribution in [0, 0.1) is 5.95 Å². The van der Waals surface area contributed by atoms with E-state index in [1.54, 1.807) is 6.07 Å². The van der Waals surface area contributed by atoms with Crippen LogP contribution >= 0.6 is 0 Å². The zero-order chi connectivity index (χ0) is 14.7. The van der Waals surface area contributed by atoms with Crippen LogP contribution in [0.1, 0.15) is 12.5 Å². The van der Waals surface area contributed by atoms with Crippen LogP contribution in [0.5, 0.6) is 0 Å². The third-order valence-corrected chi connectivity index (χ3v) is 3.69. The lowest BCUT2D eigenvalue weighted by atomic mass is 10.3. The maximum Gasteiger partial charge on any atom is 0.225 e. The Labute approximate surface area is 123 Å². The molecule has 1 aliphatic rings. The fraction of sp³-hybridized carbons (Fsp3) is 0.400. The topological polar surface area (TPSA) is 45.2 Å². The van der Waals surface area contributed by atoms with Crippen LogP contribution in [0.25, 0.3) is 0 Å². The van der Waals surface area contributed by atoms with Crippen LogP contribution in [0.2, 0.25) is 0 Å². The molecular formula is C15H18FN5. The standard InChI is InChI=1S/C15H18FN5/c1-2-12-10-17-15(18-11-12)21-8-6-20(7-9-21)14-5-3-4-13(16)19-14/h3-5,10-11H,2,6-9H2,1H3. The average molecular weight is 287 g/mol. The van der Waals surface area contributed by atoms with Crippen LogP contribution in [0.3, 0.4) is 0 Å². The lowest BCUT2D eigenvalue weighted by molar-refractivity contribution is 0.573. The summed E-state index contributed by atoms with van der Waals surface area (Å²) >= 11 is 0. The Morgan fingerprint density at radius 1 is 1.05 bits per heavy atom. The van der Waals surface area contributed by atoms with Gasteiger partial charge in [-0.1, -0.05) is 13.0 Å². The molecule has 0 N–H and O–H groups in total. The van der Waals surface area contributed by atoms with Crippen molar-refractivity contribution < 1.29 is 4.39 Å². The molecule has 2 aromatic heterocycles. The lowest BCUT2D eigenvalue weighted by Gasteiger charge is -2.35. The predicted octanol–water partition coefficient (Wildman–Crippen LogP) is 1.90. The Morgan fingerprint density at radius 2 is 1.71 bits per heavy atom. The van der Waals surface area contributed by atoms with Gasteiger partial charge < -0.3 is 9.80 Å². The Bertz CT molecular complexity index is 593. The molecule has 0 bridgehead atoms. The summed E-state index contributed by atoms with van der Waals surface area (Å²) in [5, 5.41) is 0. The highest BCUT2D eigenvalue weighted by molar-refractivity contribution is 5.42. The van der Waals surface area contributed by atoms with Crippen LogP contribution in [-0.2, 0) is 6.42 Å². The second-order valence-corrected chi connectivity index (χ2v) is 5.04. The highest BCUT2D eigenvalue weighted by atomic mass is 19.1. The van der Waals surface area contributed by atoms with Gasteiger partial charge in [-0.25, -0.2) is 15.0 Å². The van der Waals surface area contributed by atoms with Gasteiger partial charge in [-0.05, 0) is 24.1 Å². The number of aromatic nitrogens is 3. The average Bonchev–Trinajstić information content (AvgIpc) is 2.55. The fourth-order valence-electron chi connectivity index (χ4n) is 2.40. The molecule has 0 unspecified atom stereocenters. The minimum atomic E-state index is -0.437. The van der Waals surface area contributed by atoms with E-state index >= 15 is 0 Å². The zero-order valence-electron chi connectivity index (χ0n) is 12.0. The summed E-state index contributed by atoms with van der Waals surface area (Å²) in [6, 6.07) is 4.89. The molecule has 21 heavy (non-hydrogen) atoms. The second kappa shape index (κ2) is 6.03. The molecule has 110 valence electrons. The molecular weight excluding hydrogens is 269 g/mol. The SMILES string of the molecule is CCc1cnc(N2CCN(c3cccc(F)n3)CC2)nc1. The maximum absolute atomic E-state index is 13.2. The van der Waals surface area contributed by atoms with Crippen LogP contribution in [0.4, 0.5) is 16.2 Å². The first-order valence-corrected chi connectivity index (χ1v) is 7.19. The molecule has 5 nitrogen and oxygen atoms in total. The molecule has 3 heterocycles. The summed E-state index contributed by atoms with van der Waals surface area (Å²) in [4.78, 5) is 17.0. The molecule has 2 aromatic rings. The van der Waals surface area contributed by atoms with E-state index in [4.69, 9.17) is 0 Å². The van der Waals surface area contributed by atoms with Crippen molar-refractivity contribution in [3.63, 3.8) is 0 Å². The third kappa shape index (κ3) is 3.09. The normalized spacial score (nSPS) is 15.3. The van der Waals surface area contributed by atoms with Crippen molar-refractivity contribution in [1.29, 1.82) is 0 Å². The molecule has 0 spiro atoms. The smallest absolute Gasteiger partial charge is 0.225 e. The van der Waals surface area contributed by atoms with E-state index in [0.717, 1.165) is 44.1 Å². The predicted molar refractivity (Wildman–Crippen MR) is 80.0 cm³/mol. The van der Waals surface area contributed by atoms with Crippen LogP contribution in [-0.4, -0.2) is 41.1 Å². The highest BCUT2D eigenvalue weighted by Gasteiger charge is 2.20. The van der Waals surface area contributed by atoms with Gasteiger partial charge in [0.15, 0.2) is 0 Å². The van der Waals surface area contributed by atoms with E-state index in [-0.39, 0.29) is 0 Å². The van der Waals surface area contributed by atoms with E-state index in [9.17, 15) is 4.39 Å². The van der Waals surface area contributed by atoms with Gasteiger partial charge in [-0.3, -0.25) is 0 Å². The van der Waals surface area contributed by atoms with Gasteiger partial charge in [0.2, 0.25) is 11.9 Å². The molecule has 6 heteroatoms. The Kier molecular flexibility index (Phi) is 3.94. The van der Waals surface area contributed by atoms with Gasteiger partial charge in [0.05, 0.1) is 0 Å². The van der Waals surface area contributed by atoms with Crippen molar-refractivity contribution in [2.45, 2.75) is 13.3 Å². The van der Waals surface area contributed by atoms with Crippen molar-refractivity contribution in [1.82, 2.24) is 15.0 Å². The molecule has 0 saturated carbocycles. The van der Waals surface area contributed by atoms with Gasteiger partial charge >= 0.3 is 0 Å². The third-order valence-electron chi connectivity index (χ3n) is 3.69. The van der Waals surface area contributed by atoms with E-state index in [2.05, 4.69) is 31.7 Å². The van der Waals surface area contributed by atoms with Crippen molar-refractivity contribution in [2.75, 3.05) is 36.0 Å². The molecule has 3 rings (SSSR count). The minimum Gasteiger partial charge on any atom is -0.353 e. The summed E-state index contributed by atoms with van der Waals surface area (Å²) in [6.07, 6.45) is 4.70. The summed E-state index contributed by atoms with van der Waals surface area (Å²) in [6.45, 7) is 5.28. The van der Waals surface area contributed by atoms with Crippen molar-refractivity contribution in [2.24, 2.45) is 0 Å². The molecule has 0 amide bonds. The molecule has 0 aliphatic carbocycles. The molecule has 0 aromatic carbocycles. The number of rotatable bonds is 3. The van der Waals surface area contributed by atoms with Crippen LogP contribution < -0.4 is 9.80 Å². The fourth-order valence-corrected chi connectivity index (χ4v) is 2.40. The molecule has 1 fully saturated rings. The Hall–Kier alpha value is -2.24. The zero-order valence-corrected chi connectivity index (χ0v) is 12.0. The molecule has 0 radical (unpaired) electrons. The van der Waals surface area contributed by atoms with E-state index in [0.29, 0.717) is 5.82 Å². The second-order valence-electron chi connectivity index (χ2n) is 5.04. The van der Waals surface area contributed by atoms with Gasteiger partial charge in [-0.2, -0.15) is 4.39 Å². The van der Waals surface area contributed by atoms with Crippen molar-refractivity contribution in [3.05, 3.63) is 42.1 Å². The molecule has 1 aliphatic heterocycles. The quantitative estimate of drug-likeness (QED) is 0.807. The first-order valence-electron chi connectivity index (χ1n) is 7.19. The molecule has 1 saturated heterocycles. The summed E-state index contributed by atoms with van der Waals surface area (Å²) < 4.78 is 13.2. The number of piperazine rings is 1. The number of aryl methyl sites for hydroxylation is 1. The van der Waals surface area contributed by atoms with Gasteiger partial charge in [-0.15, -0.1) is 0 Å². The number of nitrogens with zero attached hydrogens (tertiary/aromatic N) is 5. The number of halogens is 1. The Morgan fingerprint density at radius 3 is 2.33 bits per heavy atom. The van der Waals surface area contributed by atoms with Gasteiger partial charge in [0, 0.05) is 38.6 Å². The summed E-state index contributed by atoms with van der Waals surface area (Å²) in [5.74, 6) is 1.02.